The van der Waals surface area contributed by atoms with Crippen molar-refractivity contribution in [2.75, 3.05) is 25.6 Å². The van der Waals surface area contributed by atoms with Crippen molar-refractivity contribution in [3.63, 3.8) is 0 Å². The summed E-state index contributed by atoms with van der Waals surface area (Å²) in [6, 6.07) is 9.80. The lowest BCUT2D eigenvalue weighted by Crippen LogP contribution is -2.40. The number of nitrogens with zero attached hydrogens (tertiary/aromatic N) is 2. The molecule has 2 aliphatic rings. The van der Waals surface area contributed by atoms with Crippen LogP contribution < -0.4 is 29.7 Å². The number of carbonyl (C=O) groups is 2. The number of benzene rings is 2. The predicted octanol–water partition coefficient (Wildman–Crippen LogP) is 3.29. The molecule has 2 aliphatic heterocycles. The van der Waals surface area contributed by atoms with Gasteiger partial charge < -0.3 is 19.5 Å². The smallest absolute Gasteiger partial charge is 0.338 e. The Labute approximate surface area is 230 Å². The molecule has 1 aromatic heterocycles. The van der Waals surface area contributed by atoms with Crippen molar-refractivity contribution in [1.29, 1.82) is 0 Å². The molecular formula is C27H24BrN3O6S. The van der Waals surface area contributed by atoms with Gasteiger partial charge in [-0.25, -0.2) is 9.79 Å². The number of rotatable bonds is 6. The van der Waals surface area contributed by atoms with Gasteiger partial charge in [0.2, 0.25) is 0 Å². The summed E-state index contributed by atoms with van der Waals surface area (Å²) in [6.45, 7) is 5.84. The number of hydrogen-bond donors (Lipinski definition) is 1. The van der Waals surface area contributed by atoms with Crippen molar-refractivity contribution in [3.05, 3.63) is 83.0 Å². The molecule has 1 amide bonds. The molecular weight excluding hydrogens is 574 g/mol. The van der Waals surface area contributed by atoms with E-state index in [1.807, 2.05) is 13.0 Å². The lowest BCUT2D eigenvalue weighted by Gasteiger charge is -2.25. The summed E-state index contributed by atoms with van der Waals surface area (Å²) in [5.74, 6) is 0.0559. The largest absolute Gasteiger partial charge is 0.493 e. The number of esters is 1. The maximum Gasteiger partial charge on any atom is 0.338 e. The van der Waals surface area contributed by atoms with Crippen LogP contribution >= 0.6 is 27.3 Å². The number of allylic oxidation sites excluding steroid dienone is 1. The van der Waals surface area contributed by atoms with E-state index in [0.717, 1.165) is 15.8 Å². The molecule has 2 aromatic carbocycles. The Kier molecular flexibility index (Phi) is 6.97. The number of ether oxygens (including phenoxy) is 3. The first kappa shape index (κ1) is 25.9. The zero-order chi connectivity index (χ0) is 27.1. The van der Waals surface area contributed by atoms with Crippen LogP contribution in [0.1, 0.15) is 37.9 Å². The molecule has 11 heteroatoms. The Hall–Kier alpha value is -3.70. The zero-order valence-corrected chi connectivity index (χ0v) is 23.5. The Morgan fingerprint density at radius 2 is 1.92 bits per heavy atom. The van der Waals surface area contributed by atoms with Crippen molar-refractivity contribution in [3.8, 4) is 11.5 Å². The third-order valence-corrected chi connectivity index (χ3v) is 7.80. The summed E-state index contributed by atoms with van der Waals surface area (Å²) in [4.78, 5) is 45.2. The number of aromatic nitrogens is 1. The highest BCUT2D eigenvalue weighted by molar-refractivity contribution is 9.10. The number of hydrogen-bond acceptors (Lipinski definition) is 8. The van der Waals surface area contributed by atoms with E-state index in [1.165, 1.54) is 4.57 Å². The van der Waals surface area contributed by atoms with Crippen molar-refractivity contribution in [1.82, 2.24) is 4.57 Å². The third kappa shape index (κ3) is 4.25. The van der Waals surface area contributed by atoms with Gasteiger partial charge in [-0.3, -0.25) is 14.2 Å². The van der Waals surface area contributed by atoms with Gasteiger partial charge in [0.25, 0.3) is 11.5 Å². The summed E-state index contributed by atoms with van der Waals surface area (Å²) in [7, 11) is 1.54. The minimum atomic E-state index is -0.851. The van der Waals surface area contributed by atoms with E-state index in [1.54, 1.807) is 51.3 Å². The van der Waals surface area contributed by atoms with Crippen LogP contribution in [0.4, 0.5) is 5.69 Å². The second kappa shape index (κ2) is 10.2. The molecule has 0 bridgehead atoms. The van der Waals surface area contributed by atoms with Crippen LogP contribution in [0.2, 0.25) is 0 Å². The number of fused-ring (bicyclic) bond motifs is 2. The van der Waals surface area contributed by atoms with Gasteiger partial charge in [-0.2, -0.15) is 0 Å². The van der Waals surface area contributed by atoms with Crippen molar-refractivity contribution >= 4 is 50.4 Å². The number of amides is 1. The highest BCUT2D eigenvalue weighted by atomic mass is 79.9. The maximum absolute atomic E-state index is 14.1. The summed E-state index contributed by atoms with van der Waals surface area (Å²) in [5, 5.41) is 2.83. The van der Waals surface area contributed by atoms with Gasteiger partial charge in [-0.15, -0.1) is 0 Å². The molecule has 196 valence electrons. The second-order valence-corrected chi connectivity index (χ2v) is 10.4. The van der Waals surface area contributed by atoms with Crippen LogP contribution in [0.25, 0.3) is 5.57 Å². The molecule has 9 nitrogen and oxygen atoms in total. The Morgan fingerprint density at radius 3 is 2.63 bits per heavy atom. The molecule has 1 N–H and O–H groups in total. The number of carbonyl (C=O) groups excluding carboxylic acids is 2. The van der Waals surface area contributed by atoms with Crippen molar-refractivity contribution < 1.29 is 23.8 Å². The fourth-order valence-corrected chi connectivity index (χ4v) is 6.16. The molecule has 0 radical (unpaired) electrons. The molecule has 0 aliphatic carbocycles. The van der Waals surface area contributed by atoms with Crippen LogP contribution in [0, 0.1) is 0 Å². The first-order valence-corrected chi connectivity index (χ1v) is 13.5. The van der Waals surface area contributed by atoms with Gasteiger partial charge in [-0.1, -0.05) is 33.3 Å². The lowest BCUT2D eigenvalue weighted by atomic mass is 9.95. The minimum Gasteiger partial charge on any atom is -0.493 e. The van der Waals surface area contributed by atoms with Crippen molar-refractivity contribution in [2.24, 2.45) is 4.99 Å². The van der Waals surface area contributed by atoms with E-state index in [0.29, 0.717) is 45.4 Å². The predicted molar refractivity (Wildman–Crippen MR) is 146 cm³/mol. The zero-order valence-electron chi connectivity index (χ0n) is 21.1. The number of nitrogens with one attached hydrogen (secondary N) is 1. The molecule has 0 unspecified atom stereocenters. The molecule has 0 saturated heterocycles. The Bertz CT molecular complexity index is 1700. The molecule has 0 spiro atoms. The van der Waals surface area contributed by atoms with Crippen molar-refractivity contribution in [2.45, 2.75) is 26.8 Å². The monoisotopic (exact) mass is 597 g/mol. The molecule has 3 heterocycles. The van der Waals surface area contributed by atoms with E-state index in [2.05, 4.69) is 26.2 Å². The normalized spacial score (nSPS) is 17.4. The maximum atomic E-state index is 14.1. The SMILES string of the molecule is CCOC(=O)C1=C(C)N=c2s/c(=C3\C(=O)Nc4ccc(Br)cc43)c(=O)n2[C@H]1c1ccc(OC)c(OCC)c1. The van der Waals surface area contributed by atoms with Gasteiger partial charge in [0, 0.05) is 15.7 Å². The van der Waals surface area contributed by atoms with Crippen LogP contribution in [0.3, 0.4) is 0 Å². The first-order valence-electron chi connectivity index (χ1n) is 11.9. The molecule has 0 saturated carbocycles. The standard InChI is InChI=1S/C27H24BrN3O6S/c1-5-36-19-11-14(7-10-18(19)35-4)22-20(26(34)37-6-2)13(3)29-27-31(22)25(33)23(38-27)21-16-12-15(28)8-9-17(16)30-24(21)32/h7-12,22H,5-6H2,1-4H3,(H,30,32)/b23-21-/t22-/m0/s1. The van der Waals surface area contributed by atoms with Gasteiger partial charge >= 0.3 is 5.97 Å². The lowest BCUT2D eigenvalue weighted by molar-refractivity contribution is -0.139. The number of halogens is 1. The van der Waals surface area contributed by atoms with E-state index < -0.39 is 17.6 Å². The summed E-state index contributed by atoms with van der Waals surface area (Å²) in [5.41, 5.74) is 2.36. The summed E-state index contributed by atoms with van der Waals surface area (Å²) < 4.78 is 19.0. The van der Waals surface area contributed by atoms with Gasteiger partial charge in [0.1, 0.15) is 4.53 Å². The Balaban J connectivity index is 1.81. The minimum absolute atomic E-state index is 0.162. The third-order valence-electron chi connectivity index (χ3n) is 6.25. The van der Waals surface area contributed by atoms with Crippen LogP contribution in [-0.4, -0.2) is 36.8 Å². The highest BCUT2D eigenvalue weighted by Gasteiger charge is 2.35. The average molecular weight is 598 g/mol. The van der Waals surface area contributed by atoms with Gasteiger partial charge in [0.05, 0.1) is 43.2 Å². The van der Waals surface area contributed by atoms with E-state index in [4.69, 9.17) is 14.2 Å². The fraction of sp³-hybridized carbons (Fsp3) is 0.259. The molecule has 0 fully saturated rings. The fourth-order valence-electron chi connectivity index (χ4n) is 4.65. The molecule has 3 aromatic rings. The average Bonchev–Trinajstić information content (AvgIpc) is 3.37. The van der Waals surface area contributed by atoms with Crippen LogP contribution in [0.15, 0.2) is 61.9 Å². The molecule has 1 atom stereocenters. The highest BCUT2D eigenvalue weighted by Crippen LogP contribution is 2.37. The van der Waals surface area contributed by atoms with E-state index in [-0.39, 0.29) is 28.2 Å². The number of thiazole rings is 1. The van der Waals surface area contributed by atoms with Gasteiger partial charge in [0.15, 0.2) is 16.3 Å². The van der Waals surface area contributed by atoms with E-state index in [9.17, 15) is 14.4 Å². The quantitative estimate of drug-likeness (QED) is 0.437. The van der Waals surface area contributed by atoms with Gasteiger partial charge in [-0.05, 0) is 56.7 Å². The van der Waals surface area contributed by atoms with E-state index >= 15 is 0 Å². The topological polar surface area (TPSA) is 108 Å². The number of methoxy groups -OCH3 is 1. The molecule has 5 rings (SSSR count). The van der Waals surface area contributed by atoms with Crippen LogP contribution in [0.5, 0.6) is 11.5 Å². The first-order chi connectivity index (χ1) is 18.3. The Morgan fingerprint density at radius 1 is 1.13 bits per heavy atom. The number of anilines is 1. The summed E-state index contributed by atoms with van der Waals surface area (Å²) >= 11 is 4.56. The molecule has 38 heavy (non-hydrogen) atoms. The van der Waals surface area contributed by atoms with Crippen LogP contribution in [-0.2, 0) is 14.3 Å². The summed E-state index contributed by atoms with van der Waals surface area (Å²) in [6.07, 6.45) is 0. The second-order valence-electron chi connectivity index (χ2n) is 8.49.